The van der Waals surface area contributed by atoms with Crippen molar-refractivity contribution in [3.05, 3.63) is 47.5 Å². The molecule has 0 bridgehead atoms. The Morgan fingerprint density at radius 1 is 1.29 bits per heavy atom. The molecule has 1 aromatic heterocycles. The fourth-order valence-corrected chi connectivity index (χ4v) is 2.05. The van der Waals surface area contributed by atoms with E-state index < -0.39 is 0 Å². The van der Waals surface area contributed by atoms with E-state index in [1.54, 1.807) is 6.20 Å². The smallest absolute Gasteiger partial charge is 0.140 e. The molecule has 0 aliphatic carbocycles. The van der Waals surface area contributed by atoms with E-state index in [1.165, 1.54) is 11.9 Å². The van der Waals surface area contributed by atoms with Crippen molar-refractivity contribution in [3.63, 3.8) is 0 Å². The van der Waals surface area contributed by atoms with Crippen molar-refractivity contribution < 1.29 is 0 Å². The fourth-order valence-electron chi connectivity index (χ4n) is 1.85. The summed E-state index contributed by atoms with van der Waals surface area (Å²) < 4.78 is 0. The summed E-state index contributed by atoms with van der Waals surface area (Å²) >= 11 is 6.07. The second-order valence-electron chi connectivity index (χ2n) is 4.53. The normalized spacial score (nSPS) is 10.8. The summed E-state index contributed by atoms with van der Waals surface area (Å²) in [5, 5.41) is 0.502. The number of benzene rings is 1. The van der Waals surface area contributed by atoms with Crippen molar-refractivity contribution >= 4 is 11.6 Å². The van der Waals surface area contributed by atoms with E-state index in [0.29, 0.717) is 11.1 Å². The summed E-state index contributed by atoms with van der Waals surface area (Å²) in [6.45, 7) is 4.43. The van der Waals surface area contributed by atoms with Gasteiger partial charge in [0.2, 0.25) is 0 Å². The molecule has 0 radical (unpaired) electrons. The van der Waals surface area contributed by atoms with Crippen LogP contribution in [0.4, 0.5) is 0 Å². The van der Waals surface area contributed by atoms with Crippen LogP contribution in [0.15, 0.2) is 36.8 Å². The molecule has 0 atom stereocenters. The lowest BCUT2D eigenvalue weighted by atomic mass is 9.99. The molecule has 0 aliphatic heterocycles. The third kappa shape index (κ3) is 3.04. The Bertz CT molecular complexity index is 509. The molecule has 0 aliphatic rings. The predicted octanol–water partition coefficient (Wildman–Crippen LogP) is 4.00. The fraction of sp³-hybridized carbons (Fsp3) is 0.286. The molecule has 0 N–H and O–H groups in total. The minimum absolute atomic E-state index is 0.502. The molecule has 1 heterocycles. The first-order valence-electron chi connectivity index (χ1n) is 5.71. The van der Waals surface area contributed by atoms with Crippen molar-refractivity contribution in [1.29, 1.82) is 0 Å². The van der Waals surface area contributed by atoms with Gasteiger partial charge in [0.25, 0.3) is 0 Å². The van der Waals surface area contributed by atoms with Crippen molar-refractivity contribution in [2.24, 2.45) is 5.92 Å². The maximum Gasteiger partial charge on any atom is 0.140 e. The molecular weight excluding hydrogens is 232 g/mol. The van der Waals surface area contributed by atoms with Crippen LogP contribution in [0.2, 0.25) is 5.15 Å². The average molecular weight is 247 g/mol. The molecule has 0 saturated heterocycles. The summed E-state index contributed by atoms with van der Waals surface area (Å²) in [6, 6.07) is 8.39. The Hall–Kier alpha value is -1.41. The second-order valence-corrected chi connectivity index (χ2v) is 4.88. The van der Waals surface area contributed by atoms with Gasteiger partial charge in [-0.05, 0) is 23.5 Å². The van der Waals surface area contributed by atoms with Crippen LogP contribution in [0.1, 0.15) is 19.4 Å². The Morgan fingerprint density at radius 2 is 2.12 bits per heavy atom. The molecule has 0 spiro atoms. The molecule has 0 saturated carbocycles. The molecule has 3 heteroatoms. The van der Waals surface area contributed by atoms with Gasteiger partial charge in [-0.15, -0.1) is 0 Å². The standard InChI is InChI=1S/C14H15ClN2/c1-10(2)6-11-4-3-5-12(7-11)13-8-16-9-17-14(13)15/h3-5,7-10H,6H2,1-2H3. The van der Waals surface area contributed by atoms with Crippen molar-refractivity contribution in [2.45, 2.75) is 20.3 Å². The molecule has 0 amide bonds. The highest BCUT2D eigenvalue weighted by molar-refractivity contribution is 6.32. The molecule has 2 aromatic rings. The largest absolute Gasteiger partial charge is 0.244 e. The second kappa shape index (κ2) is 5.28. The molecular formula is C14H15ClN2. The maximum absolute atomic E-state index is 6.07. The highest BCUT2D eigenvalue weighted by atomic mass is 35.5. The van der Waals surface area contributed by atoms with Gasteiger partial charge in [-0.25, -0.2) is 9.97 Å². The van der Waals surface area contributed by atoms with E-state index in [0.717, 1.165) is 17.5 Å². The quantitative estimate of drug-likeness (QED) is 0.765. The number of halogens is 1. The van der Waals surface area contributed by atoms with E-state index in [2.05, 4.69) is 42.0 Å². The van der Waals surface area contributed by atoms with E-state index in [9.17, 15) is 0 Å². The first kappa shape index (κ1) is 12.1. The average Bonchev–Trinajstić information content (AvgIpc) is 2.29. The monoisotopic (exact) mass is 246 g/mol. The highest BCUT2D eigenvalue weighted by Crippen LogP contribution is 2.26. The number of aromatic nitrogens is 2. The van der Waals surface area contributed by atoms with Crippen LogP contribution in [-0.2, 0) is 6.42 Å². The van der Waals surface area contributed by atoms with Gasteiger partial charge in [0.1, 0.15) is 11.5 Å². The number of hydrogen-bond donors (Lipinski definition) is 0. The Balaban J connectivity index is 2.37. The summed E-state index contributed by atoms with van der Waals surface area (Å²) in [6.07, 6.45) is 4.28. The lowest BCUT2D eigenvalue weighted by Crippen LogP contribution is -1.94. The molecule has 88 valence electrons. The van der Waals surface area contributed by atoms with E-state index in [4.69, 9.17) is 11.6 Å². The van der Waals surface area contributed by atoms with Crippen LogP contribution in [0.5, 0.6) is 0 Å². The lowest BCUT2D eigenvalue weighted by molar-refractivity contribution is 0.647. The van der Waals surface area contributed by atoms with Gasteiger partial charge in [-0.3, -0.25) is 0 Å². The van der Waals surface area contributed by atoms with Crippen LogP contribution in [0.25, 0.3) is 11.1 Å². The first-order chi connectivity index (χ1) is 8.16. The van der Waals surface area contributed by atoms with Gasteiger partial charge in [0.15, 0.2) is 0 Å². The first-order valence-corrected chi connectivity index (χ1v) is 6.09. The van der Waals surface area contributed by atoms with Gasteiger partial charge in [-0.1, -0.05) is 49.7 Å². The number of rotatable bonds is 3. The van der Waals surface area contributed by atoms with Crippen molar-refractivity contribution in [1.82, 2.24) is 9.97 Å². The van der Waals surface area contributed by atoms with Crippen LogP contribution < -0.4 is 0 Å². The zero-order chi connectivity index (χ0) is 12.3. The minimum atomic E-state index is 0.502. The van der Waals surface area contributed by atoms with Gasteiger partial charge in [0, 0.05) is 11.8 Å². The molecule has 2 rings (SSSR count). The molecule has 17 heavy (non-hydrogen) atoms. The van der Waals surface area contributed by atoms with Crippen molar-refractivity contribution in [3.8, 4) is 11.1 Å². The third-order valence-corrected chi connectivity index (χ3v) is 2.85. The summed E-state index contributed by atoms with van der Waals surface area (Å²) in [4.78, 5) is 8.02. The molecule has 2 nitrogen and oxygen atoms in total. The zero-order valence-corrected chi connectivity index (χ0v) is 10.8. The predicted molar refractivity (Wildman–Crippen MR) is 71.0 cm³/mol. The van der Waals surface area contributed by atoms with Gasteiger partial charge in [-0.2, -0.15) is 0 Å². The van der Waals surface area contributed by atoms with Gasteiger partial charge >= 0.3 is 0 Å². The number of nitrogens with zero attached hydrogens (tertiary/aromatic N) is 2. The van der Waals surface area contributed by atoms with Gasteiger partial charge in [0.05, 0.1) is 0 Å². The van der Waals surface area contributed by atoms with E-state index >= 15 is 0 Å². The molecule has 1 aromatic carbocycles. The van der Waals surface area contributed by atoms with Crippen LogP contribution in [-0.4, -0.2) is 9.97 Å². The summed E-state index contributed by atoms with van der Waals surface area (Å²) in [5.41, 5.74) is 3.28. The molecule has 0 unspecified atom stereocenters. The Labute approximate surface area is 107 Å². The van der Waals surface area contributed by atoms with Crippen LogP contribution >= 0.6 is 11.6 Å². The Morgan fingerprint density at radius 3 is 2.82 bits per heavy atom. The molecule has 0 fully saturated rings. The summed E-state index contributed by atoms with van der Waals surface area (Å²) in [7, 11) is 0. The van der Waals surface area contributed by atoms with Crippen molar-refractivity contribution in [2.75, 3.05) is 0 Å². The summed E-state index contributed by atoms with van der Waals surface area (Å²) in [5.74, 6) is 0.646. The third-order valence-electron chi connectivity index (χ3n) is 2.55. The lowest BCUT2D eigenvalue weighted by Gasteiger charge is -2.08. The van der Waals surface area contributed by atoms with Crippen LogP contribution in [0.3, 0.4) is 0 Å². The highest BCUT2D eigenvalue weighted by Gasteiger charge is 2.05. The van der Waals surface area contributed by atoms with Crippen LogP contribution in [0, 0.1) is 5.92 Å². The SMILES string of the molecule is CC(C)Cc1cccc(-c2cncnc2Cl)c1. The minimum Gasteiger partial charge on any atom is -0.244 e. The zero-order valence-electron chi connectivity index (χ0n) is 10.0. The van der Waals surface area contributed by atoms with Gasteiger partial charge < -0.3 is 0 Å². The Kier molecular flexibility index (Phi) is 3.75. The van der Waals surface area contributed by atoms with E-state index in [-0.39, 0.29) is 0 Å². The van der Waals surface area contributed by atoms with E-state index in [1.807, 2.05) is 6.07 Å². The number of hydrogen-bond acceptors (Lipinski definition) is 2. The topological polar surface area (TPSA) is 25.8 Å². The maximum atomic E-state index is 6.07.